The van der Waals surface area contributed by atoms with E-state index in [-0.39, 0.29) is 18.6 Å². The minimum atomic E-state index is -0.141. The van der Waals surface area contributed by atoms with Crippen LogP contribution in [-0.2, 0) is 14.3 Å². The number of amides is 1. The van der Waals surface area contributed by atoms with E-state index in [1.54, 1.807) is 19.5 Å². The Morgan fingerprint density at radius 3 is 3.00 bits per heavy atom. The van der Waals surface area contributed by atoms with Crippen molar-refractivity contribution in [2.45, 2.75) is 13.0 Å². The molecule has 1 aromatic rings. The molecule has 0 aromatic carbocycles. The van der Waals surface area contributed by atoms with E-state index >= 15 is 0 Å². The van der Waals surface area contributed by atoms with Crippen LogP contribution in [-0.4, -0.2) is 37.8 Å². The summed E-state index contributed by atoms with van der Waals surface area (Å²) in [5, 5.41) is 2.83. The molecule has 0 aliphatic heterocycles. The molecule has 1 aromatic heterocycles. The molecule has 94 valence electrons. The van der Waals surface area contributed by atoms with Gasteiger partial charge in [0.25, 0.3) is 0 Å². The number of methoxy groups -OCH3 is 1. The monoisotopic (exact) mass is 238 g/mol. The van der Waals surface area contributed by atoms with E-state index in [1.165, 1.54) is 0 Å². The molecule has 0 saturated carbocycles. The Morgan fingerprint density at radius 1 is 1.53 bits per heavy atom. The Hall–Kier alpha value is -1.46. The number of aromatic nitrogens is 1. The maximum absolute atomic E-state index is 11.5. The molecule has 1 amide bonds. The van der Waals surface area contributed by atoms with Gasteiger partial charge in [0.05, 0.1) is 19.3 Å². The highest BCUT2D eigenvalue weighted by molar-refractivity contribution is 5.77. The van der Waals surface area contributed by atoms with Crippen molar-refractivity contribution in [3.63, 3.8) is 0 Å². The summed E-state index contributed by atoms with van der Waals surface area (Å²) in [4.78, 5) is 15.5. The molecule has 17 heavy (non-hydrogen) atoms. The lowest BCUT2D eigenvalue weighted by Crippen LogP contribution is -2.30. The molecule has 0 bridgehead atoms. The van der Waals surface area contributed by atoms with Crippen LogP contribution in [0.25, 0.3) is 0 Å². The number of hydrogen-bond acceptors (Lipinski definition) is 4. The summed E-state index contributed by atoms with van der Waals surface area (Å²) in [6.07, 6.45) is 3.43. The molecule has 0 fully saturated rings. The fraction of sp³-hybridized carbons (Fsp3) is 0.500. The molecule has 1 unspecified atom stereocenters. The maximum atomic E-state index is 11.5. The van der Waals surface area contributed by atoms with Crippen molar-refractivity contribution >= 4 is 5.91 Å². The van der Waals surface area contributed by atoms with Crippen molar-refractivity contribution in [1.29, 1.82) is 0 Å². The first-order chi connectivity index (χ1) is 8.24. The third kappa shape index (κ3) is 5.42. The van der Waals surface area contributed by atoms with Gasteiger partial charge in [0.15, 0.2) is 0 Å². The van der Waals surface area contributed by atoms with Gasteiger partial charge in [-0.1, -0.05) is 6.07 Å². The molecule has 0 saturated heterocycles. The van der Waals surface area contributed by atoms with Gasteiger partial charge in [-0.25, -0.2) is 0 Å². The summed E-state index contributed by atoms with van der Waals surface area (Å²) in [5.41, 5.74) is 0.970. The lowest BCUT2D eigenvalue weighted by atomic mass is 10.1. The fourth-order valence-electron chi connectivity index (χ4n) is 1.31. The van der Waals surface area contributed by atoms with Gasteiger partial charge in [0.1, 0.15) is 6.61 Å². The van der Waals surface area contributed by atoms with Gasteiger partial charge in [-0.05, 0) is 18.6 Å². The Balaban J connectivity index is 2.26. The molecule has 5 nitrogen and oxygen atoms in total. The topological polar surface area (TPSA) is 60.5 Å². The first-order valence-corrected chi connectivity index (χ1v) is 5.50. The lowest BCUT2D eigenvalue weighted by Gasteiger charge is -2.13. The Bertz CT molecular complexity index is 330. The number of ether oxygens (including phenoxy) is 2. The number of nitrogens with one attached hydrogen (secondary N) is 1. The molecule has 1 heterocycles. The quantitative estimate of drug-likeness (QED) is 0.718. The molecule has 0 aliphatic rings. The van der Waals surface area contributed by atoms with E-state index in [4.69, 9.17) is 9.47 Å². The molecule has 0 aliphatic carbocycles. The zero-order valence-corrected chi connectivity index (χ0v) is 10.2. The van der Waals surface area contributed by atoms with Crippen LogP contribution < -0.4 is 5.32 Å². The maximum Gasteiger partial charge on any atom is 0.246 e. The summed E-state index contributed by atoms with van der Waals surface area (Å²) >= 11 is 0. The molecule has 0 radical (unpaired) electrons. The Labute approximate surface area is 101 Å². The van der Waals surface area contributed by atoms with Crippen molar-refractivity contribution in [3.8, 4) is 0 Å². The van der Waals surface area contributed by atoms with Crippen molar-refractivity contribution in [2.75, 3.05) is 26.9 Å². The van der Waals surface area contributed by atoms with Crippen LogP contribution in [0.5, 0.6) is 0 Å². The second-order valence-electron chi connectivity index (χ2n) is 3.62. The summed E-state index contributed by atoms with van der Waals surface area (Å²) < 4.78 is 9.93. The number of carbonyl (C=O) groups excluding carboxylic acids is 1. The van der Waals surface area contributed by atoms with Crippen LogP contribution in [0.1, 0.15) is 18.5 Å². The SMILES string of the molecule is COCCOCC(=O)NC(C)c1cccnc1. The smallest absolute Gasteiger partial charge is 0.246 e. The number of hydrogen-bond donors (Lipinski definition) is 1. The van der Waals surface area contributed by atoms with Gasteiger partial charge < -0.3 is 14.8 Å². The van der Waals surface area contributed by atoms with Crippen LogP contribution in [0.15, 0.2) is 24.5 Å². The lowest BCUT2D eigenvalue weighted by molar-refractivity contribution is -0.126. The highest BCUT2D eigenvalue weighted by Gasteiger charge is 2.09. The molecule has 1 rings (SSSR count). The minimum Gasteiger partial charge on any atom is -0.382 e. The van der Waals surface area contributed by atoms with Gasteiger partial charge in [-0.15, -0.1) is 0 Å². The van der Waals surface area contributed by atoms with Crippen LogP contribution in [0, 0.1) is 0 Å². The highest BCUT2D eigenvalue weighted by atomic mass is 16.5. The normalized spacial score (nSPS) is 12.1. The average Bonchev–Trinajstić information content (AvgIpc) is 2.36. The standard InChI is InChI=1S/C12H18N2O3/c1-10(11-4-3-5-13-8-11)14-12(15)9-17-7-6-16-2/h3-5,8,10H,6-7,9H2,1-2H3,(H,14,15). The van der Waals surface area contributed by atoms with Crippen molar-refractivity contribution in [2.24, 2.45) is 0 Å². The van der Waals surface area contributed by atoms with Crippen molar-refractivity contribution in [3.05, 3.63) is 30.1 Å². The van der Waals surface area contributed by atoms with Gasteiger partial charge in [0, 0.05) is 19.5 Å². The summed E-state index contributed by atoms with van der Waals surface area (Å²) in [6, 6.07) is 3.69. The first kappa shape index (κ1) is 13.6. The molecular weight excluding hydrogens is 220 g/mol. The van der Waals surface area contributed by atoms with Gasteiger partial charge in [-0.3, -0.25) is 9.78 Å². The van der Waals surface area contributed by atoms with Crippen LogP contribution in [0.3, 0.4) is 0 Å². The third-order valence-corrected chi connectivity index (χ3v) is 2.23. The van der Waals surface area contributed by atoms with E-state index in [1.807, 2.05) is 19.1 Å². The number of rotatable bonds is 7. The van der Waals surface area contributed by atoms with Crippen molar-refractivity contribution in [1.82, 2.24) is 10.3 Å². The second kappa shape index (κ2) is 7.76. The molecular formula is C12H18N2O3. The van der Waals surface area contributed by atoms with E-state index in [0.29, 0.717) is 13.2 Å². The van der Waals surface area contributed by atoms with E-state index in [2.05, 4.69) is 10.3 Å². The number of carbonyl (C=O) groups is 1. The zero-order chi connectivity index (χ0) is 12.5. The molecule has 1 N–H and O–H groups in total. The average molecular weight is 238 g/mol. The first-order valence-electron chi connectivity index (χ1n) is 5.50. The van der Waals surface area contributed by atoms with Crippen LogP contribution >= 0.6 is 0 Å². The predicted octanol–water partition coefficient (Wildman–Crippen LogP) is 0.922. The van der Waals surface area contributed by atoms with Crippen LogP contribution in [0.4, 0.5) is 0 Å². The number of nitrogens with zero attached hydrogens (tertiary/aromatic N) is 1. The van der Waals surface area contributed by atoms with E-state index < -0.39 is 0 Å². The van der Waals surface area contributed by atoms with E-state index in [9.17, 15) is 4.79 Å². The largest absolute Gasteiger partial charge is 0.382 e. The summed E-state index contributed by atoms with van der Waals surface area (Å²) in [7, 11) is 1.59. The molecule has 1 atom stereocenters. The second-order valence-corrected chi connectivity index (χ2v) is 3.62. The van der Waals surface area contributed by atoms with Gasteiger partial charge in [-0.2, -0.15) is 0 Å². The fourth-order valence-corrected chi connectivity index (χ4v) is 1.31. The van der Waals surface area contributed by atoms with Crippen LogP contribution in [0.2, 0.25) is 0 Å². The number of pyridine rings is 1. The summed E-state index contributed by atoms with van der Waals surface area (Å²) in [5.74, 6) is -0.141. The molecule has 0 spiro atoms. The third-order valence-electron chi connectivity index (χ3n) is 2.23. The predicted molar refractivity (Wildman–Crippen MR) is 63.5 cm³/mol. The summed E-state index contributed by atoms with van der Waals surface area (Å²) in [6.45, 7) is 2.87. The van der Waals surface area contributed by atoms with Gasteiger partial charge >= 0.3 is 0 Å². The van der Waals surface area contributed by atoms with Gasteiger partial charge in [0.2, 0.25) is 5.91 Å². The minimum absolute atomic E-state index is 0.0496. The zero-order valence-electron chi connectivity index (χ0n) is 10.2. The van der Waals surface area contributed by atoms with E-state index in [0.717, 1.165) is 5.56 Å². The highest BCUT2D eigenvalue weighted by Crippen LogP contribution is 2.09. The molecule has 5 heteroatoms. The van der Waals surface area contributed by atoms with Crippen molar-refractivity contribution < 1.29 is 14.3 Å². The Morgan fingerprint density at radius 2 is 2.35 bits per heavy atom. The Kier molecular flexibility index (Phi) is 6.21.